The van der Waals surface area contributed by atoms with Crippen LogP contribution in [-0.2, 0) is 20.2 Å². The van der Waals surface area contributed by atoms with Crippen LogP contribution in [-0.4, -0.2) is 78.3 Å². The number of piperazine rings is 1. The van der Waals surface area contributed by atoms with E-state index < -0.39 is 27.2 Å². The number of rotatable bonds is 11. The summed E-state index contributed by atoms with van der Waals surface area (Å²) in [5.41, 5.74) is -1.45. The maximum absolute atomic E-state index is 15.7. The van der Waals surface area contributed by atoms with E-state index in [9.17, 15) is 13.2 Å². The van der Waals surface area contributed by atoms with Crippen LogP contribution in [0.25, 0.3) is 0 Å². The number of pyridine rings is 1. The molecule has 2 aliphatic heterocycles. The molecule has 3 aromatic rings. The number of nitrogens with zero attached hydrogens (tertiary/aromatic N) is 3. The average Bonchev–Trinajstić information content (AvgIpc) is 3.27. The molecule has 1 atom stereocenters. The van der Waals surface area contributed by atoms with Crippen LogP contribution in [0.1, 0.15) is 30.5 Å². The minimum absolute atomic E-state index is 0.00424. The number of fused-ring (bicyclic) bond motifs is 1. The fourth-order valence-electron chi connectivity index (χ4n) is 5.80. The van der Waals surface area contributed by atoms with Crippen molar-refractivity contribution >= 4 is 21.6 Å². The second kappa shape index (κ2) is 12.2. The van der Waals surface area contributed by atoms with Crippen LogP contribution in [0.15, 0.2) is 59.5 Å². The summed E-state index contributed by atoms with van der Waals surface area (Å²) >= 11 is 0. The quantitative estimate of drug-likeness (QED) is 0.332. The molecular weight excluding hydrogens is 563 g/mol. The number of benzene rings is 2. The zero-order valence-corrected chi connectivity index (χ0v) is 24.7. The molecule has 0 spiro atoms. The van der Waals surface area contributed by atoms with E-state index in [0.717, 1.165) is 43.4 Å². The monoisotopic (exact) mass is 598 g/mol. The summed E-state index contributed by atoms with van der Waals surface area (Å²) in [6, 6.07) is 13.2. The van der Waals surface area contributed by atoms with Crippen LogP contribution < -0.4 is 23.8 Å². The number of unbranched alkanes of at least 4 members (excludes halogenated alkanes) is 1. The second-order valence-electron chi connectivity index (χ2n) is 10.2. The first-order chi connectivity index (χ1) is 20.3. The Morgan fingerprint density at radius 3 is 2.43 bits per heavy atom. The van der Waals surface area contributed by atoms with Crippen molar-refractivity contribution in [3.63, 3.8) is 0 Å². The van der Waals surface area contributed by atoms with Crippen molar-refractivity contribution in [1.82, 2.24) is 15.2 Å². The molecule has 1 unspecified atom stereocenters. The molecule has 0 saturated carbocycles. The fraction of sp³-hybridized carbons (Fsp3) is 0.400. The van der Waals surface area contributed by atoms with Gasteiger partial charge in [-0.1, -0.05) is 24.6 Å². The van der Waals surface area contributed by atoms with E-state index in [4.69, 9.17) is 14.2 Å². The number of halogens is 1. The maximum Gasteiger partial charge on any atom is 0.274 e. The normalized spacial score (nSPS) is 19.0. The number of methoxy groups -OCH3 is 3. The number of sulfonamides is 1. The first kappa shape index (κ1) is 29.7. The van der Waals surface area contributed by atoms with Gasteiger partial charge in [0.15, 0.2) is 0 Å². The Balaban J connectivity index is 1.63. The Morgan fingerprint density at radius 2 is 1.74 bits per heavy atom. The van der Waals surface area contributed by atoms with E-state index in [2.05, 4.69) is 15.2 Å². The summed E-state index contributed by atoms with van der Waals surface area (Å²) in [4.78, 5) is 21.4. The Morgan fingerprint density at radius 1 is 0.976 bits per heavy atom. The van der Waals surface area contributed by atoms with Gasteiger partial charge in [-0.25, -0.2) is 17.8 Å². The lowest BCUT2D eigenvalue weighted by molar-refractivity contribution is -0.121. The zero-order valence-electron chi connectivity index (χ0n) is 23.9. The van der Waals surface area contributed by atoms with Gasteiger partial charge in [0.2, 0.25) is 5.88 Å². The van der Waals surface area contributed by atoms with Crippen LogP contribution in [0.4, 0.5) is 10.1 Å². The lowest BCUT2D eigenvalue weighted by Crippen LogP contribution is -2.45. The SMILES string of the molecule is COc1ccc(S(=O)(=O)N2C(=O)C(CCCCN3CCNCC3)(c3ccccc3F)c3nc(OC)ccc32)c(OC)c1. The van der Waals surface area contributed by atoms with Crippen molar-refractivity contribution in [3.8, 4) is 17.4 Å². The highest BCUT2D eigenvalue weighted by Gasteiger charge is 2.58. The summed E-state index contributed by atoms with van der Waals surface area (Å²) in [7, 11) is -0.325. The fourth-order valence-corrected chi connectivity index (χ4v) is 7.42. The molecule has 1 fully saturated rings. The van der Waals surface area contributed by atoms with E-state index in [-0.39, 0.29) is 39.9 Å². The number of carbonyl (C=O) groups excluding carboxylic acids is 1. The number of amides is 1. The van der Waals surface area contributed by atoms with Crippen molar-refractivity contribution in [2.45, 2.75) is 29.6 Å². The van der Waals surface area contributed by atoms with Crippen LogP contribution in [0.5, 0.6) is 17.4 Å². The predicted octanol–water partition coefficient (Wildman–Crippen LogP) is 3.34. The minimum atomic E-state index is -4.54. The molecule has 1 amide bonds. The number of hydrogen-bond donors (Lipinski definition) is 1. The Bertz CT molecular complexity index is 1560. The number of aromatic nitrogens is 1. The van der Waals surface area contributed by atoms with E-state index >= 15 is 4.39 Å². The Hall–Kier alpha value is -3.74. The van der Waals surface area contributed by atoms with Gasteiger partial charge in [-0.2, -0.15) is 4.31 Å². The molecule has 1 saturated heterocycles. The average molecular weight is 599 g/mol. The van der Waals surface area contributed by atoms with Gasteiger partial charge >= 0.3 is 0 Å². The van der Waals surface area contributed by atoms with Gasteiger partial charge < -0.3 is 24.4 Å². The van der Waals surface area contributed by atoms with E-state index in [1.807, 2.05) is 0 Å². The molecule has 1 N–H and O–H groups in total. The van der Waals surface area contributed by atoms with Crippen molar-refractivity contribution in [3.05, 3.63) is 71.7 Å². The van der Waals surface area contributed by atoms with Crippen molar-refractivity contribution < 1.29 is 31.8 Å². The smallest absolute Gasteiger partial charge is 0.274 e. The van der Waals surface area contributed by atoms with Crippen molar-refractivity contribution in [1.29, 1.82) is 0 Å². The van der Waals surface area contributed by atoms with Gasteiger partial charge in [-0.15, -0.1) is 0 Å². The van der Waals surface area contributed by atoms with Gasteiger partial charge in [0, 0.05) is 43.9 Å². The molecule has 12 heteroatoms. The Kier molecular flexibility index (Phi) is 8.67. The third-order valence-electron chi connectivity index (χ3n) is 7.94. The predicted molar refractivity (Wildman–Crippen MR) is 155 cm³/mol. The van der Waals surface area contributed by atoms with Gasteiger partial charge in [-0.05, 0) is 43.7 Å². The maximum atomic E-state index is 15.7. The number of nitrogens with one attached hydrogen (secondary N) is 1. The van der Waals surface area contributed by atoms with Gasteiger partial charge in [0.05, 0.1) is 32.7 Å². The number of ether oxygens (including phenoxy) is 3. The first-order valence-electron chi connectivity index (χ1n) is 13.8. The molecule has 2 aromatic carbocycles. The summed E-state index contributed by atoms with van der Waals surface area (Å²) in [5, 5.41) is 3.33. The highest BCUT2D eigenvalue weighted by molar-refractivity contribution is 7.93. The lowest BCUT2D eigenvalue weighted by Gasteiger charge is -2.30. The molecule has 5 rings (SSSR count). The molecule has 0 aliphatic carbocycles. The summed E-state index contributed by atoms with van der Waals surface area (Å²) in [6.07, 6.45) is 1.42. The van der Waals surface area contributed by atoms with E-state index in [1.165, 1.54) is 69.9 Å². The zero-order chi connectivity index (χ0) is 29.9. The number of carbonyl (C=O) groups is 1. The highest BCUT2D eigenvalue weighted by atomic mass is 32.2. The minimum Gasteiger partial charge on any atom is -0.497 e. The summed E-state index contributed by atoms with van der Waals surface area (Å²) in [6.45, 7) is 4.49. The number of hydrogen-bond acceptors (Lipinski definition) is 9. The standard InChI is InChI=1S/C30H35FN4O6S/c1-39-21-10-12-26(25(20-21)40-2)42(37,38)35-24-11-13-27(41-3)33-28(24)30(29(35)36,22-8-4-5-9-23(22)31)14-6-7-17-34-18-15-32-16-19-34/h4-5,8-13,20,32H,6-7,14-19H2,1-3H3. The van der Waals surface area contributed by atoms with Gasteiger partial charge in [-0.3, -0.25) is 4.79 Å². The largest absolute Gasteiger partial charge is 0.497 e. The lowest BCUT2D eigenvalue weighted by atomic mass is 9.74. The van der Waals surface area contributed by atoms with Crippen molar-refractivity contribution in [2.75, 3.05) is 58.4 Å². The molecule has 0 bridgehead atoms. The topological polar surface area (TPSA) is 110 Å². The first-order valence-corrected chi connectivity index (χ1v) is 15.3. The molecule has 1 aromatic heterocycles. The summed E-state index contributed by atoms with van der Waals surface area (Å²) < 4.78 is 61.0. The summed E-state index contributed by atoms with van der Waals surface area (Å²) in [5.74, 6) is -0.849. The van der Waals surface area contributed by atoms with E-state index in [1.54, 1.807) is 6.07 Å². The van der Waals surface area contributed by atoms with Crippen LogP contribution >= 0.6 is 0 Å². The van der Waals surface area contributed by atoms with Gasteiger partial charge in [0.25, 0.3) is 15.9 Å². The third-order valence-corrected chi connectivity index (χ3v) is 9.67. The molecule has 0 radical (unpaired) electrons. The number of anilines is 1. The van der Waals surface area contributed by atoms with Crippen LogP contribution in [0.2, 0.25) is 0 Å². The molecule has 10 nitrogen and oxygen atoms in total. The molecule has 42 heavy (non-hydrogen) atoms. The molecule has 2 aliphatic rings. The highest BCUT2D eigenvalue weighted by Crippen LogP contribution is 2.51. The van der Waals surface area contributed by atoms with Crippen molar-refractivity contribution in [2.24, 2.45) is 0 Å². The van der Waals surface area contributed by atoms with Crippen LogP contribution in [0.3, 0.4) is 0 Å². The van der Waals surface area contributed by atoms with Crippen LogP contribution in [0, 0.1) is 5.82 Å². The Labute approximate surface area is 245 Å². The van der Waals surface area contributed by atoms with Gasteiger partial charge in [0.1, 0.15) is 27.6 Å². The third kappa shape index (κ3) is 5.18. The molecule has 3 heterocycles. The molecule has 224 valence electrons. The van der Waals surface area contributed by atoms with E-state index in [0.29, 0.717) is 12.2 Å². The second-order valence-corrected chi connectivity index (χ2v) is 12.0. The molecular formula is C30H35FN4O6S.